The van der Waals surface area contributed by atoms with Gasteiger partial charge in [-0.25, -0.2) is 13.9 Å². The van der Waals surface area contributed by atoms with E-state index in [9.17, 15) is 19.1 Å². The zero-order chi connectivity index (χ0) is 23.8. The number of rotatable bonds is 6. The average molecular weight is 468 g/mol. The first-order valence-corrected chi connectivity index (χ1v) is 11.1. The molecule has 2 N–H and O–H groups in total. The molecule has 10 nitrogen and oxygen atoms in total. The molecular formula is C23H25FN6O4. The molecule has 0 spiro atoms. The van der Waals surface area contributed by atoms with Gasteiger partial charge in [-0.05, 0) is 30.7 Å². The molecular weight excluding hydrogens is 443 g/mol. The van der Waals surface area contributed by atoms with Gasteiger partial charge in [-0.2, -0.15) is 5.10 Å². The van der Waals surface area contributed by atoms with Crippen LogP contribution in [-0.4, -0.2) is 81.5 Å². The second kappa shape index (κ2) is 8.99. The van der Waals surface area contributed by atoms with Crippen molar-refractivity contribution in [2.45, 2.75) is 25.7 Å². The number of carbonyl (C=O) groups is 2. The van der Waals surface area contributed by atoms with E-state index in [1.165, 1.54) is 22.5 Å². The van der Waals surface area contributed by atoms with Gasteiger partial charge in [-0.3, -0.25) is 9.59 Å². The Morgan fingerprint density at radius 2 is 2.12 bits per heavy atom. The SMILES string of the molecule is C[C@@H](O)[C@H](F)CN1Cc2cc(NC(=O)c3cnn4cccnc34)c(N3CCOCC3)cc2C1=O. The number of amides is 2. The summed E-state index contributed by atoms with van der Waals surface area (Å²) in [5.74, 6) is -0.667. The van der Waals surface area contributed by atoms with E-state index in [4.69, 9.17) is 4.74 Å². The first kappa shape index (κ1) is 22.2. The van der Waals surface area contributed by atoms with Crippen LogP contribution >= 0.6 is 0 Å². The molecule has 2 aromatic heterocycles. The molecule has 34 heavy (non-hydrogen) atoms. The van der Waals surface area contributed by atoms with Crippen molar-refractivity contribution in [1.82, 2.24) is 19.5 Å². The Kier molecular flexibility index (Phi) is 5.88. The number of hydrogen-bond acceptors (Lipinski definition) is 7. The Bertz CT molecular complexity index is 1240. The van der Waals surface area contributed by atoms with E-state index in [1.54, 1.807) is 30.6 Å². The van der Waals surface area contributed by atoms with E-state index in [2.05, 4.69) is 20.3 Å². The molecule has 178 valence electrons. The van der Waals surface area contributed by atoms with Gasteiger partial charge in [0.15, 0.2) is 5.65 Å². The summed E-state index contributed by atoms with van der Waals surface area (Å²) in [6.45, 7) is 3.62. The number of anilines is 2. The van der Waals surface area contributed by atoms with Crippen molar-refractivity contribution in [3.63, 3.8) is 0 Å². The van der Waals surface area contributed by atoms with Crippen molar-refractivity contribution in [2.75, 3.05) is 43.1 Å². The molecule has 1 fully saturated rings. The second-order valence-electron chi connectivity index (χ2n) is 8.47. The van der Waals surface area contributed by atoms with E-state index in [1.807, 2.05) is 0 Å². The Hall–Kier alpha value is -3.57. The average Bonchev–Trinajstić information content (AvgIpc) is 3.40. The van der Waals surface area contributed by atoms with Gasteiger partial charge >= 0.3 is 0 Å². The fourth-order valence-electron chi connectivity index (χ4n) is 4.26. The number of aliphatic hydroxyl groups is 1. The lowest BCUT2D eigenvalue weighted by molar-refractivity contribution is 0.0515. The zero-order valence-electron chi connectivity index (χ0n) is 18.6. The van der Waals surface area contributed by atoms with Crippen molar-refractivity contribution in [2.24, 2.45) is 0 Å². The van der Waals surface area contributed by atoms with Crippen LogP contribution in [0.2, 0.25) is 0 Å². The van der Waals surface area contributed by atoms with Crippen molar-refractivity contribution in [3.8, 4) is 0 Å². The van der Waals surface area contributed by atoms with Gasteiger partial charge < -0.3 is 25.0 Å². The minimum absolute atomic E-state index is 0.200. The molecule has 1 saturated heterocycles. The van der Waals surface area contributed by atoms with Gasteiger partial charge in [-0.1, -0.05) is 0 Å². The quantitative estimate of drug-likeness (QED) is 0.564. The number of ether oxygens (including phenoxy) is 1. The summed E-state index contributed by atoms with van der Waals surface area (Å²) in [6.07, 6.45) is 2.05. The Morgan fingerprint density at radius 1 is 1.32 bits per heavy atom. The summed E-state index contributed by atoms with van der Waals surface area (Å²) in [7, 11) is 0. The van der Waals surface area contributed by atoms with Gasteiger partial charge in [-0.15, -0.1) is 0 Å². The molecule has 5 rings (SSSR count). The van der Waals surface area contributed by atoms with Crippen LogP contribution in [-0.2, 0) is 11.3 Å². The molecule has 4 heterocycles. The van der Waals surface area contributed by atoms with E-state index < -0.39 is 12.3 Å². The number of alkyl halides is 1. The number of benzene rings is 1. The molecule has 0 saturated carbocycles. The normalized spacial score (nSPS) is 17.7. The monoisotopic (exact) mass is 468 g/mol. The van der Waals surface area contributed by atoms with Gasteiger partial charge in [0, 0.05) is 37.6 Å². The van der Waals surface area contributed by atoms with Gasteiger partial charge in [0.1, 0.15) is 11.7 Å². The van der Waals surface area contributed by atoms with Crippen LogP contribution in [0.3, 0.4) is 0 Å². The maximum Gasteiger partial charge on any atom is 0.261 e. The molecule has 0 aliphatic carbocycles. The van der Waals surface area contributed by atoms with Crippen LogP contribution in [0.1, 0.15) is 33.2 Å². The summed E-state index contributed by atoms with van der Waals surface area (Å²) in [5, 5.41) is 16.7. The molecule has 2 atom stereocenters. The van der Waals surface area contributed by atoms with Crippen molar-refractivity contribution < 1.29 is 23.8 Å². The van der Waals surface area contributed by atoms with Gasteiger partial charge in [0.2, 0.25) is 0 Å². The largest absolute Gasteiger partial charge is 0.390 e. The first-order chi connectivity index (χ1) is 16.4. The smallest absolute Gasteiger partial charge is 0.261 e. The van der Waals surface area contributed by atoms with Gasteiger partial charge in [0.25, 0.3) is 11.8 Å². The first-order valence-electron chi connectivity index (χ1n) is 11.1. The highest BCUT2D eigenvalue weighted by atomic mass is 19.1. The third-order valence-electron chi connectivity index (χ3n) is 6.14. The van der Waals surface area contributed by atoms with Crippen molar-refractivity contribution in [1.29, 1.82) is 0 Å². The maximum atomic E-state index is 14.1. The lowest BCUT2D eigenvalue weighted by atomic mass is 10.1. The lowest BCUT2D eigenvalue weighted by Gasteiger charge is -2.31. The molecule has 0 unspecified atom stereocenters. The lowest BCUT2D eigenvalue weighted by Crippen LogP contribution is -2.37. The summed E-state index contributed by atoms with van der Waals surface area (Å²) in [5.41, 5.74) is 3.15. The molecule has 3 aromatic rings. The number of halogens is 1. The number of aromatic nitrogens is 3. The standard InChI is InChI=1S/C23H25FN6O4/c1-14(31)18(24)13-29-12-15-9-19(20(10-16(15)23(29)33)28-5-7-34-8-6-28)27-22(32)17-11-26-30-4-2-3-25-21(17)30/h2-4,9-11,14,18,31H,5-8,12-13H2,1H3,(H,27,32)/t14-,18-/m1/s1. The van der Waals surface area contributed by atoms with Crippen LogP contribution in [0.5, 0.6) is 0 Å². The molecule has 2 aliphatic rings. The molecule has 0 radical (unpaired) electrons. The summed E-state index contributed by atoms with van der Waals surface area (Å²) < 4.78 is 21.1. The highest BCUT2D eigenvalue weighted by Gasteiger charge is 2.33. The third-order valence-corrected chi connectivity index (χ3v) is 6.14. The van der Waals surface area contributed by atoms with E-state index >= 15 is 0 Å². The molecule has 1 aromatic carbocycles. The van der Waals surface area contributed by atoms with E-state index in [0.717, 1.165) is 0 Å². The number of aliphatic hydroxyl groups excluding tert-OH is 1. The minimum atomic E-state index is -1.54. The van der Waals surface area contributed by atoms with Crippen LogP contribution in [0.15, 0.2) is 36.8 Å². The molecule has 11 heteroatoms. The summed E-state index contributed by atoms with van der Waals surface area (Å²) >= 11 is 0. The zero-order valence-corrected chi connectivity index (χ0v) is 18.6. The van der Waals surface area contributed by atoms with Crippen molar-refractivity contribution >= 4 is 28.8 Å². The molecule has 2 aliphatic heterocycles. The summed E-state index contributed by atoms with van der Waals surface area (Å²) in [4.78, 5) is 33.8. The minimum Gasteiger partial charge on any atom is -0.390 e. The van der Waals surface area contributed by atoms with Crippen LogP contribution in [0.25, 0.3) is 5.65 Å². The number of fused-ring (bicyclic) bond motifs is 2. The highest BCUT2D eigenvalue weighted by molar-refractivity contribution is 6.10. The topological polar surface area (TPSA) is 112 Å². The van der Waals surface area contributed by atoms with Crippen LogP contribution in [0.4, 0.5) is 15.8 Å². The van der Waals surface area contributed by atoms with Crippen LogP contribution in [0, 0.1) is 0 Å². The third kappa shape index (κ3) is 4.08. The second-order valence-corrected chi connectivity index (χ2v) is 8.47. The number of carbonyl (C=O) groups excluding carboxylic acids is 2. The highest BCUT2D eigenvalue weighted by Crippen LogP contribution is 2.35. The predicted molar refractivity (Wildman–Crippen MR) is 122 cm³/mol. The number of morpholine rings is 1. The molecule has 0 bridgehead atoms. The van der Waals surface area contributed by atoms with Crippen LogP contribution < -0.4 is 10.2 Å². The number of nitrogens with zero attached hydrogens (tertiary/aromatic N) is 5. The summed E-state index contributed by atoms with van der Waals surface area (Å²) in [6, 6.07) is 5.24. The predicted octanol–water partition coefficient (Wildman–Crippen LogP) is 1.49. The van der Waals surface area contributed by atoms with Gasteiger partial charge in [0.05, 0.1) is 43.4 Å². The Morgan fingerprint density at radius 3 is 2.88 bits per heavy atom. The van der Waals surface area contributed by atoms with E-state index in [0.29, 0.717) is 60.0 Å². The number of nitrogens with one attached hydrogen (secondary N) is 1. The molecule has 2 amide bonds. The van der Waals surface area contributed by atoms with E-state index in [-0.39, 0.29) is 24.9 Å². The maximum absolute atomic E-state index is 14.1. The van der Waals surface area contributed by atoms with Crippen molar-refractivity contribution in [3.05, 3.63) is 53.5 Å². The fourth-order valence-corrected chi connectivity index (χ4v) is 4.26. The Labute approximate surface area is 194 Å². The fraction of sp³-hybridized carbons (Fsp3) is 0.391. The Balaban J connectivity index is 1.48. The number of hydrogen-bond donors (Lipinski definition) is 2.